The zero-order valence-electron chi connectivity index (χ0n) is 6.92. The number of hydrogen-bond acceptors (Lipinski definition) is 2. The van der Waals surface area contributed by atoms with Crippen LogP contribution in [0.5, 0.6) is 0 Å². The minimum atomic E-state index is -0.655. The standard InChI is InChI=1S/C9H12ClNO/c1-6-2-3-8(10)7(4-6)9(12)5-11/h2-4,9,12H,5,11H2,1H3/t9-/m1/s1. The van der Waals surface area contributed by atoms with Crippen molar-refractivity contribution in [2.75, 3.05) is 6.54 Å². The van der Waals surface area contributed by atoms with Gasteiger partial charge in [-0.1, -0.05) is 29.3 Å². The zero-order valence-corrected chi connectivity index (χ0v) is 7.67. The highest BCUT2D eigenvalue weighted by molar-refractivity contribution is 6.31. The average Bonchev–Trinajstić information content (AvgIpc) is 2.08. The summed E-state index contributed by atoms with van der Waals surface area (Å²) in [4.78, 5) is 0. The van der Waals surface area contributed by atoms with Crippen LogP contribution in [0.25, 0.3) is 0 Å². The fraction of sp³-hybridized carbons (Fsp3) is 0.333. The quantitative estimate of drug-likeness (QED) is 0.736. The maximum absolute atomic E-state index is 9.43. The second-order valence-corrected chi connectivity index (χ2v) is 3.18. The van der Waals surface area contributed by atoms with Crippen molar-refractivity contribution in [1.82, 2.24) is 0 Å². The lowest BCUT2D eigenvalue weighted by Gasteiger charge is -2.10. The number of halogens is 1. The van der Waals surface area contributed by atoms with Gasteiger partial charge < -0.3 is 10.8 Å². The van der Waals surface area contributed by atoms with Crippen LogP contribution in [0.3, 0.4) is 0 Å². The first-order chi connectivity index (χ1) is 5.65. The van der Waals surface area contributed by atoms with E-state index < -0.39 is 6.10 Å². The summed E-state index contributed by atoms with van der Waals surface area (Å²) in [5.74, 6) is 0. The summed E-state index contributed by atoms with van der Waals surface area (Å²) in [7, 11) is 0. The summed E-state index contributed by atoms with van der Waals surface area (Å²) in [6, 6.07) is 5.51. The topological polar surface area (TPSA) is 46.2 Å². The van der Waals surface area contributed by atoms with Crippen LogP contribution >= 0.6 is 11.6 Å². The molecule has 1 aromatic rings. The van der Waals surface area contributed by atoms with Gasteiger partial charge >= 0.3 is 0 Å². The number of aryl methyl sites for hydroxylation is 1. The lowest BCUT2D eigenvalue weighted by molar-refractivity contribution is 0.187. The van der Waals surface area contributed by atoms with Crippen LogP contribution in [0.2, 0.25) is 5.02 Å². The van der Waals surface area contributed by atoms with Gasteiger partial charge in [0, 0.05) is 17.1 Å². The Balaban J connectivity index is 3.04. The molecule has 2 nitrogen and oxygen atoms in total. The zero-order chi connectivity index (χ0) is 9.14. The Hall–Kier alpha value is -0.570. The molecule has 0 aliphatic carbocycles. The SMILES string of the molecule is Cc1ccc(Cl)c([C@H](O)CN)c1. The maximum Gasteiger partial charge on any atom is 0.0926 e. The molecule has 0 aliphatic rings. The molecule has 0 aromatic heterocycles. The predicted octanol–water partition coefficient (Wildman–Crippen LogP) is 1.64. The van der Waals surface area contributed by atoms with E-state index in [0.717, 1.165) is 5.56 Å². The number of benzene rings is 1. The summed E-state index contributed by atoms with van der Waals surface area (Å²) < 4.78 is 0. The van der Waals surface area contributed by atoms with Crippen LogP contribution in [0.15, 0.2) is 18.2 Å². The molecule has 3 heteroatoms. The normalized spacial score (nSPS) is 13.0. The Morgan fingerprint density at radius 3 is 2.83 bits per heavy atom. The molecule has 0 aliphatic heterocycles. The Kier molecular flexibility index (Phi) is 3.09. The molecule has 0 spiro atoms. The number of hydrogen-bond donors (Lipinski definition) is 2. The van der Waals surface area contributed by atoms with E-state index in [1.54, 1.807) is 6.07 Å². The van der Waals surface area contributed by atoms with E-state index in [2.05, 4.69) is 0 Å². The van der Waals surface area contributed by atoms with Gasteiger partial charge in [-0.25, -0.2) is 0 Å². The summed E-state index contributed by atoms with van der Waals surface area (Å²) in [5.41, 5.74) is 7.09. The highest BCUT2D eigenvalue weighted by Crippen LogP contribution is 2.23. The van der Waals surface area contributed by atoms with Crippen molar-refractivity contribution >= 4 is 11.6 Å². The highest BCUT2D eigenvalue weighted by atomic mass is 35.5. The third-order valence-corrected chi connectivity index (χ3v) is 2.08. The lowest BCUT2D eigenvalue weighted by atomic mass is 10.1. The van der Waals surface area contributed by atoms with Crippen molar-refractivity contribution in [3.05, 3.63) is 34.3 Å². The molecule has 0 heterocycles. The molecular formula is C9H12ClNO. The molecule has 3 N–H and O–H groups in total. The molecular weight excluding hydrogens is 174 g/mol. The van der Waals surface area contributed by atoms with Crippen LogP contribution in [0, 0.1) is 6.92 Å². The Morgan fingerprint density at radius 2 is 2.25 bits per heavy atom. The molecule has 1 aromatic carbocycles. The smallest absolute Gasteiger partial charge is 0.0926 e. The van der Waals surface area contributed by atoms with Gasteiger partial charge in [0.25, 0.3) is 0 Å². The van der Waals surface area contributed by atoms with Gasteiger partial charge in [-0.05, 0) is 13.0 Å². The van der Waals surface area contributed by atoms with E-state index in [-0.39, 0.29) is 6.54 Å². The second-order valence-electron chi connectivity index (χ2n) is 2.78. The minimum Gasteiger partial charge on any atom is -0.387 e. The molecule has 66 valence electrons. The van der Waals surface area contributed by atoms with Crippen molar-refractivity contribution in [1.29, 1.82) is 0 Å². The molecule has 1 rings (SSSR count). The van der Waals surface area contributed by atoms with Gasteiger partial charge in [0.15, 0.2) is 0 Å². The molecule has 1 atom stereocenters. The largest absolute Gasteiger partial charge is 0.387 e. The average molecular weight is 186 g/mol. The number of aliphatic hydroxyl groups is 1. The third-order valence-electron chi connectivity index (χ3n) is 1.73. The lowest BCUT2D eigenvalue weighted by Crippen LogP contribution is -2.12. The van der Waals surface area contributed by atoms with Crippen LogP contribution in [0.1, 0.15) is 17.2 Å². The van der Waals surface area contributed by atoms with Crippen molar-refractivity contribution in [3.63, 3.8) is 0 Å². The molecule has 0 saturated heterocycles. The molecule has 12 heavy (non-hydrogen) atoms. The number of rotatable bonds is 2. The number of aliphatic hydroxyl groups excluding tert-OH is 1. The third kappa shape index (κ3) is 1.97. The van der Waals surface area contributed by atoms with E-state index in [9.17, 15) is 5.11 Å². The van der Waals surface area contributed by atoms with Crippen molar-refractivity contribution in [2.24, 2.45) is 5.73 Å². The summed E-state index contributed by atoms with van der Waals surface area (Å²) in [6.45, 7) is 2.15. The molecule has 0 saturated carbocycles. The summed E-state index contributed by atoms with van der Waals surface area (Å²) in [5, 5.41) is 9.99. The summed E-state index contributed by atoms with van der Waals surface area (Å²) in [6.07, 6.45) is -0.655. The van der Waals surface area contributed by atoms with Gasteiger partial charge in [-0.2, -0.15) is 0 Å². The molecule has 0 unspecified atom stereocenters. The van der Waals surface area contributed by atoms with Crippen LogP contribution in [-0.4, -0.2) is 11.7 Å². The van der Waals surface area contributed by atoms with Crippen molar-refractivity contribution in [2.45, 2.75) is 13.0 Å². The second kappa shape index (κ2) is 3.90. The van der Waals surface area contributed by atoms with Gasteiger partial charge in [0.2, 0.25) is 0 Å². The molecule has 0 radical (unpaired) electrons. The highest BCUT2D eigenvalue weighted by Gasteiger charge is 2.08. The van der Waals surface area contributed by atoms with Crippen LogP contribution in [-0.2, 0) is 0 Å². The predicted molar refractivity (Wildman–Crippen MR) is 50.2 cm³/mol. The first-order valence-corrected chi connectivity index (χ1v) is 4.17. The molecule has 0 bridgehead atoms. The van der Waals surface area contributed by atoms with Crippen LogP contribution < -0.4 is 5.73 Å². The van der Waals surface area contributed by atoms with E-state index in [1.165, 1.54) is 0 Å². The van der Waals surface area contributed by atoms with Crippen LogP contribution in [0.4, 0.5) is 0 Å². The number of nitrogens with two attached hydrogens (primary N) is 1. The van der Waals surface area contributed by atoms with E-state index >= 15 is 0 Å². The Bertz CT molecular complexity index is 275. The van der Waals surface area contributed by atoms with Gasteiger partial charge in [0.1, 0.15) is 0 Å². The van der Waals surface area contributed by atoms with E-state index in [4.69, 9.17) is 17.3 Å². The Morgan fingerprint density at radius 1 is 1.58 bits per heavy atom. The molecule has 0 fully saturated rings. The summed E-state index contributed by atoms with van der Waals surface area (Å²) >= 11 is 5.85. The van der Waals surface area contributed by atoms with E-state index in [1.807, 2.05) is 19.1 Å². The van der Waals surface area contributed by atoms with Crippen molar-refractivity contribution < 1.29 is 5.11 Å². The maximum atomic E-state index is 9.43. The minimum absolute atomic E-state index is 0.198. The van der Waals surface area contributed by atoms with Gasteiger partial charge in [-0.15, -0.1) is 0 Å². The van der Waals surface area contributed by atoms with Gasteiger partial charge in [0.05, 0.1) is 6.10 Å². The van der Waals surface area contributed by atoms with Gasteiger partial charge in [-0.3, -0.25) is 0 Å². The first kappa shape index (κ1) is 9.52. The van der Waals surface area contributed by atoms with Crippen molar-refractivity contribution in [3.8, 4) is 0 Å². The monoisotopic (exact) mass is 185 g/mol. The molecule has 0 amide bonds. The fourth-order valence-corrected chi connectivity index (χ4v) is 1.29. The van der Waals surface area contributed by atoms with E-state index in [0.29, 0.717) is 10.6 Å². The fourth-order valence-electron chi connectivity index (χ4n) is 1.05. The Labute approximate surface area is 77.0 Å². The first-order valence-electron chi connectivity index (χ1n) is 3.79.